The van der Waals surface area contributed by atoms with Gasteiger partial charge in [0.1, 0.15) is 12.4 Å². The molecule has 0 amide bonds. The number of hydrogen-bond donors (Lipinski definition) is 1. The molecule has 1 aromatic carbocycles. The number of nitrogens with zero attached hydrogens (tertiary/aromatic N) is 1. The maximum atomic E-state index is 10.8. The van der Waals surface area contributed by atoms with Gasteiger partial charge in [-0.25, -0.2) is 0 Å². The molecule has 0 unspecified atom stereocenters. The highest BCUT2D eigenvalue weighted by atomic mass is 16.6. The van der Waals surface area contributed by atoms with Crippen molar-refractivity contribution in [1.29, 1.82) is 0 Å². The van der Waals surface area contributed by atoms with E-state index in [4.69, 9.17) is 19.3 Å². The summed E-state index contributed by atoms with van der Waals surface area (Å²) in [6, 6.07) is 4.35. The predicted molar refractivity (Wildman–Crippen MR) is 63.0 cm³/mol. The van der Waals surface area contributed by atoms with Crippen LogP contribution in [0.1, 0.15) is 0 Å². The molecular formula is C11H15NO6. The number of hydrogen-bond acceptors (Lipinski definition) is 6. The third-order valence-corrected chi connectivity index (χ3v) is 2.08. The van der Waals surface area contributed by atoms with E-state index in [9.17, 15) is 10.1 Å². The molecule has 0 atom stereocenters. The molecule has 0 aliphatic rings. The highest BCUT2D eigenvalue weighted by molar-refractivity contribution is 5.50. The van der Waals surface area contributed by atoms with Crippen LogP contribution in [0.2, 0.25) is 0 Å². The average molecular weight is 257 g/mol. The van der Waals surface area contributed by atoms with Crippen molar-refractivity contribution in [3.8, 4) is 11.5 Å². The quantitative estimate of drug-likeness (QED) is 0.424. The molecular weight excluding hydrogens is 242 g/mol. The molecule has 0 aliphatic carbocycles. The van der Waals surface area contributed by atoms with Crippen LogP contribution in [0.4, 0.5) is 5.69 Å². The minimum atomic E-state index is -0.534. The molecule has 0 fully saturated rings. The molecule has 18 heavy (non-hydrogen) atoms. The zero-order valence-corrected chi connectivity index (χ0v) is 10.00. The van der Waals surface area contributed by atoms with Crippen LogP contribution in [0.5, 0.6) is 11.5 Å². The summed E-state index contributed by atoms with van der Waals surface area (Å²) in [4.78, 5) is 10.2. The van der Waals surface area contributed by atoms with E-state index >= 15 is 0 Å². The zero-order chi connectivity index (χ0) is 13.4. The zero-order valence-electron chi connectivity index (χ0n) is 10.00. The lowest BCUT2D eigenvalue weighted by Gasteiger charge is -2.07. The van der Waals surface area contributed by atoms with Gasteiger partial charge in [0.05, 0.1) is 37.9 Å². The van der Waals surface area contributed by atoms with Crippen LogP contribution in [0.25, 0.3) is 0 Å². The lowest BCUT2D eigenvalue weighted by atomic mass is 10.3. The molecule has 0 aliphatic heterocycles. The summed E-state index contributed by atoms with van der Waals surface area (Å²) < 4.78 is 15.1. The Bertz CT molecular complexity index is 395. The topological polar surface area (TPSA) is 91.1 Å². The Balaban J connectivity index is 2.56. The van der Waals surface area contributed by atoms with E-state index in [0.29, 0.717) is 12.4 Å². The molecule has 0 bridgehead atoms. The fraction of sp³-hybridized carbons (Fsp3) is 0.455. The number of methoxy groups -OCH3 is 1. The van der Waals surface area contributed by atoms with Crippen molar-refractivity contribution in [3.63, 3.8) is 0 Å². The average Bonchev–Trinajstić information content (AvgIpc) is 2.38. The van der Waals surface area contributed by atoms with Crippen LogP contribution in [-0.2, 0) is 4.74 Å². The SMILES string of the molecule is COc1ccc(OCCOCCO)cc1[N+](=O)[O-]. The molecule has 1 N–H and O–H groups in total. The van der Waals surface area contributed by atoms with Gasteiger partial charge in [-0.1, -0.05) is 0 Å². The van der Waals surface area contributed by atoms with Crippen LogP contribution in [-0.4, -0.2) is 43.6 Å². The molecule has 7 nitrogen and oxygen atoms in total. The lowest BCUT2D eigenvalue weighted by molar-refractivity contribution is -0.385. The van der Waals surface area contributed by atoms with E-state index in [1.807, 2.05) is 0 Å². The summed E-state index contributed by atoms with van der Waals surface area (Å²) in [5, 5.41) is 19.2. The molecule has 0 spiro atoms. The van der Waals surface area contributed by atoms with Crippen LogP contribution in [0.15, 0.2) is 18.2 Å². The first-order valence-electron chi connectivity index (χ1n) is 5.33. The fourth-order valence-corrected chi connectivity index (χ4v) is 1.29. The number of rotatable bonds is 8. The van der Waals surface area contributed by atoms with Gasteiger partial charge in [0, 0.05) is 0 Å². The van der Waals surface area contributed by atoms with Crippen molar-refractivity contribution >= 4 is 5.69 Å². The summed E-state index contributed by atoms with van der Waals surface area (Å²) >= 11 is 0. The lowest BCUT2D eigenvalue weighted by Crippen LogP contribution is -2.09. The minimum absolute atomic E-state index is 0.0476. The van der Waals surface area contributed by atoms with E-state index in [-0.39, 0.29) is 31.3 Å². The molecule has 0 radical (unpaired) electrons. The van der Waals surface area contributed by atoms with Crippen molar-refractivity contribution in [2.45, 2.75) is 0 Å². The molecule has 0 saturated carbocycles. The van der Waals surface area contributed by atoms with Crippen LogP contribution >= 0.6 is 0 Å². The van der Waals surface area contributed by atoms with Gasteiger partial charge in [-0.05, 0) is 12.1 Å². The van der Waals surface area contributed by atoms with E-state index in [1.54, 1.807) is 6.07 Å². The third kappa shape index (κ3) is 4.19. The molecule has 0 saturated heterocycles. The van der Waals surface area contributed by atoms with E-state index in [1.165, 1.54) is 19.2 Å². The normalized spacial score (nSPS) is 10.1. The Hall–Kier alpha value is -1.86. The Morgan fingerprint density at radius 3 is 2.72 bits per heavy atom. The van der Waals surface area contributed by atoms with Gasteiger partial charge in [0.2, 0.25) is 0 Å². The van der Waals surface area contributed by atoms with Crippen molar-refractivity contribution in [1.82, 2.24) is 0 Å². The molecule has 1 rings (SSSR count). The second kappa shape index (κ2) is 7.46. The largest absolute Gasteiger partial charge is 0.491 e. The van der Waals surface area contributed by atoms with Gasteiger partial charge in [-0.2, -0.15) is 0 Å². The summed E-state index contributed by atoms with van der Waals surface area (Å²) in [7, 11) is 1.37. The van der Waals surface area contributed by atoms with Crippen molar-refractivity contribution in [2.24, 2.45) is 0 Å². The number of benzene rings is 1. The molecule has 0 heterocycles. The number of aliphatic hydroxyl groups excluding tert-OH is 1. The maximum absolute atomic E-state index is 10.8. The smallest absolute Gasteiger partial charge is 0.314 e. The predicted octanol–water partition coefficient (Wildman–Crippen LogP) is 0.991. The summed E-state index contributed by atoms with van der Waals surface area (Å²) in [6.45, 7) is 0.754. The van der Waals surface area contributed by atoms with E-state index in [0.717, 1.165) is 0 Å². The molecule has 100 valence electrons. The first kappa shape index (κ1) is 14.2. The Morgan fingerprint density at radius 1 is 1.33 bits per heavy atom. The third-order valence-electron chi connectivity index (χ3n) is 2.08. The van der Waals surface area contributed by atoms with Crippen LogP contribution < -0.4 is 9.47 Å². The maximum Gasteiger partial charge on any atom is 0.314 e. The highest BCUT2D eigenvalue weighted by Crippen LogP contribution is 2.30. The van der Waals surface area contributed by atoms with E-state index in [2.05, 4.69) is 0 Å². The van der Waals surface area contributed by atoms with Gasteiger partial charge in [0.15, 0.2) is 5.75 Å². The first-order valence-corrected chi connectivity index (χ1v) is 5.33. The van der Waals surface area contributed by atoms with E-state index < -0.39 is 4.92 Å². The second-order valence-corrected chi connectivity index (χ2v) is 3.28. The standard InChI is InChI=1S/C11H15NO6/c1-16-11-3-2-9(8-10(11)12(14)15)18-7-6-17-5-4-13/h2-3,8,13H,4-7H2,1H3. The van der Waals surface area contributed by atoms with Crippen molar-refractivity contribution < 1.29 is 24.2 Å². The Kier molecular flexibility index (Phi) is 5.89. The highest BCUT2D eigenvalue weighted by Gasteiger charge is 2.15. The first-order chi connectivity index (χ1) is 8.69. The van der Waals surface area contributed by atoms with Crippen molar-refractivity contribution in [3.05, 3.63) is 28.3 Å². The van der Waals surface area contributed by atoms with Crippen molar-refractivity contribution in [2.75, 3.05) is 33.5 Å². The fourth-order valence-electron chi connectivity index (χ4n) is 1.29. The van der Waals surface area contributed by atoms with Gasteiger partial charge in [0.25, 0.3) is 0 Å². The van der Waals surface area contributed by atoms with Crippen LogP contribution in [0, 0.1) is 10.1 Å². The number of ether oxygens (including phenoxy) is 3. The summed E-state index contributed by atoms with van der Waals surface area (Å²) in [6.07, 6.45) is 0. The molecule has 1 aromatic rings. The van der Waals surface area contributed by atoms with Crippen LogP contribution in [0.3, 0.4) is 0 Å². The number of nitro benzene ring substituents is 1. The van der Waals surface area contributed by atoms with Gasteiger partial charge in [-0.3, -0.25) is 10.1 Å². The second-order valence-electron chi connectivity index (χ2n) is 3.28. The van der Waals surface area contributed by atoms with Gasteiger partial charge in [-0.15, -0.1) is 0 Å². The summed E-state index contributed by atoms with van der Waals surface area (Å²) in [5.41, 5.74) is -0.147. The van der Waals surface area contributed by atoms with Gasteiger partial charge >= 0.3 is 5.69 Å². The molecule has 7 heteroatoms. The summed E-state index contributed by atoms with van der Waals surface area (Å²) in [5.74, 6) is 0.555. The number of nitro groups is 1. The monoisotopic (exact) mass is 257 g/mol. The minimum Gasteiger partial charge on any atom is -0.491 e. The number of aliphatic hydroxyl groups is 1. The molecule has 0 aromatic heterocycles. The van der Waals surface area contributed by atoms with Gasteiger partial charge < -0.3 is 19.3 Å². The Morgan fingerprint density at radius 2 is 2.11 bits per heavy atom. The Labute approximate surface area is 104 Å².